The van der Waals surface area contributed by atoms with E-state index < -0.39 is 0 Å². The molecule has 3 nitrogen and oxygen atoms in total. The van der Waals surface area contributed by atoms with Crippen molar-refractivity contribution >= 4 is 0 Å². The van der Waals surface area contributed by atoms with E-state index in [4.69, 9.17) is 9.47 Å². The Morgan fingerprint density at radius 2 is 1.81 bits per heavy atom. The van der Waals surface area contributed by atoms with Crippen molar-refractivity contribution in [2.45, 2.75) is 57.1 Å². The van der Waals surface area contributed by atoms with E-state index in [-0.39, 0.29) is 11.0 Å². The molecular weight excluding hydrogens is 334 g/mol. The Morgan fingerprint density at radius 1 is 1.07 bits per heavy atom. The lowest BCUT2D eigenvalue weighted by atomic mass is 9.66. The van der Waals surface area contributed by atoms with Crippen molar-refractivity contribution in [2.24, 2.45) is 0 Å². The van der Waals surface area contributed by atoms with Gasteiger partial charge in [0.25, 0.3) is 0 Å². The highest BCUT2D eigenvalue weighted by Gasteiger charge is 2.43. The van der Waals surface area contributed by atoms with Crippen LogP contribution in [0.3, 0.4) is 0 Å². The summed E-state index contributed by atoms with van der Waals surface area (Å²) in [5, 5.41) is 3.65. The highest BCUT2D eigenvalue weighted by Crippen LogP contribution is 2.45. The zero-order valence-corrected chi connectivity index (χ0v) is 17.0. The Bertz CT molecular complexity index is 700. The van der Waals surface area contributed by atoms with Crippen LogP contribution < -0.4 is 10.1 Å². The minimum atomic E-state index is -0.0440. The van der Waals surface area contributed by atoms with E-state index in [1.165, 1.54) is 11.1 Å². The van der Waals surface area contributed by atoms with Crippen molar-refractivity contribution < 1.29 is 9.47 Å². The minimum Gasteiger partial charge on any atom is -0.497 e. The quantitative estimate of drug-likeness (QED) is 0.659. The standard InChI is InChI=1S/C24H33NO2/c1-4-23(2)19-24(15-17-27-23,21-10-12-22(26-3)13-11-21)14-16-25-18-20-8-6-5-7-9-20/h5-13,25H,4,14-19H2,1-3H3/t23?,24-/m1/s1. The molecule has 146 valence electrons. The molecule has 2 aromatic rings. The van der Waals surface area contributed by atoms with E-state index in [0.29, 0.717) is 0 Å². The molecule has 27 heavy (non-hydrogen) atoms. The topological polar surface area (TPSA) is 30.5 Å². The van der Waals surface area contributed by atoms with Crippen LogP contribution >= 0.6 is 0 Å². The summed E-state index contributed by atoms with van der Waals surface area (Å²) in [6, 6.07) is 19.3. The maximum atomic E-state index is 6.17. The van der Waals surface area contributed by atoms with Crippen molar-refractivity contribution in [3.05, 3.63) is 65.7 Å². The van der Waals surface area contributed by atoms with Gasteiger partial charge in [-0.15, -0.1) is 0 Å². The van der Waals surface area contributed by atoms with Gasteiger partial charge in [-0.05, 0) is 62.4 Å². The van der Waals surface area contributed by atoms with Gasteiger partial charge in [0, 0.05) is 18.6 Å². The first kappa shape index (κ1) is 19.9. The third-order valence-corrected chi connectivity index (χ3v) is 6.15. The van der Waals surface area contributed by atoms with Crippen LogP contribution in [0, 0.1) is 0 Å². The molecule has 0 bridgehead atoms. The van der Waals surface area contributed by atoms with Crippen LogP contribution in [0.1, 0.15) is 50.7 Å². The second kappa shape index (κ2) is 8.90. The van der Waals surface area contributed by atoms with E-state index in [1.807, 2.05) is 0 Å². The second-order valence-corrected chi connectivity index (χ2v) is 8.00. The molecule has 1 fully saturated rings. The fourth-order valence-corrected chi connectivity index (χ4v) is 4.28. The number of methoxy groups -OCH3 is 1. The molecule has 1 aliphatic heterocycles. The highest BCUT2D eigenvalue weighted by atomic mass is 16.5. The lowest BCUT2D eigenvalue weighted by Crippen LogP contribution is -2.46. The summed E-state index contributed by atoms with van der Waals surface area (Å²) in [5.41, 5.74) is 2.85. The summed E-state index contributed by atoms with van der Waals surface area (Å²) >= 11 is 0. The fraction of sp³-hybridized carbons (Fsp3) is 0.500. The Balaban J connectivity index is 1.73. The molecule has 0 radical (unpaired) electrons. The SMILES string of the molecule is CCC1(C)C[C@](CCNCc2ccccc2)(c2ccc(OC)cc2)CCO1. The monoisotopic (exact) mass is 367 g/mol. The molecule has 3 heteroatoms. The number of hydrogen-bond acceptors (Lipinski definition) is 3. The van der Waals surface area contributed by atoms with Gasteiger partial charge in [0.2, 0.25) is 0 Å². The van der Waals surface area contributed by atoms with E-state index in [9.17, 15) is 0 Å². The third kappa shape index (κ3) is 4.91. The molecule has 0 saturated carbocycles. The van der Waals surface area contributed by atoms with Gasteiger partial charge >= 0.3 is 0 Å². The molecule has 1 saturated heterocycles. The van der Waals surface area contributed by atoms with Gasteiger partial charge in [-0.3, -0.25) is 0 Å². The van der Waals surface area contributed by atoms with Crippen molar-refractivity contribution in [3.8, 4) is 5.75 Å². The van der Waals surface area contributed by atoms with Crippen molar-refractivity contribution in [2.75, 3.05) is 20.3 Å². The summed E-state index contributed by atoms with van der Waals surface area (Å²) in [7, 11) is 1.72. The van der Waals surface area contributed by atoms with Crippen LogP contribution in [-0.2, 0) is 16.7 Å². The molecular formula is C24H33NO2. The van der Waals surface area contributed by atoms with Gasteiger partial charge in [-0.25, -0.2) is 0 Å². The normalized spacial score (nSPS) is 25.3. The van der Waals surface area contributed by atoms with Gasteiger partial charge in [0.1, 0.15) is 5.75 Å². The summed E-state index contributed by atoms with van der Waals surface area (Å²) in [6.45, 7) is 7.25. The molecule has 0 aromatic heterocycles. The first-order valence-electron chi connectivity index (χ1n) is 10.1. The number of nitrogens with one attached hydrogen (secondary N) is 1. The molecule has 3 rings (SSSR count). The average molecular weight is 368 g/mol. The van der Waals surface area contributed by atoms with Gasteiger partial charge < -0.3 is 14.8 Å². The Hall–Kier alpha value is -1.84. The molecule has 2 aromatic carbocycles. The van der Waals surface area contributed by atoms with Crippen molar-refractivity contribution in [1.82, 2.24) is 5.32 Å². The van der Waals surface area contributed by atoms with Gasteiger partial charge in [-0.1, -0.05) is 49.4 Å². The zero-order chi connectivity index (χ0) is 19.2. The van der Waals surface area contributed by atoms with Crippen LogP contribution in [0.4, 0.5) is 0 Å². The summed E-state index contributed by atoms with van der Waals surface area (Å²) < 4.78 is 11.5. The largest absolute Gasteiger partial charge is 0.497 e. The van der Waals surface area contributed by atoms with Crippen LogP contribution in [0.25, 0.3) is 0 Å². The predicted octanol–water partition coefficient (Wildman–Crippen LogP) is 5.09. The first-order valence-corrected chi connectivity index (χ1v) is 10.1. The van der Waals surface area contributed by atoms with Crippen LogP contribution in [-0.4, -0.2) is 25.9 Å². The number of rotatable bonds is 8. The van der Waals surface area contributed by atoms with Crippen LogP contribution in [0.15, 0.2) is 54.6 Å². The molecule has 1 heterocycles. The second-order valence-electron chi connectivity index (χ2n) is 8.00. The summed E-state index contributed by atoms with van der Waals surface area (Å²) in [6.07, 6.45) is 4.30. The first-order chi connectivity index (χ1) is 13.1. The van der Waals surface area contributed by atoms with Crippen molar-refractivity contribution in [1.29, 1.82) is 0 Å². The molecule has 1 N–H and O–H groups in total. The Labute approximate surface area is 164 Å². The molecule has 0 spiro atoms. The molecule has 2 atom stereocenters. The Morgan fingerprint density at radius 3 is 2.48 bits per heavy atom. The Kier molecular flexibility index (Phi) is 6.56. The van der Waals surface area contributed by atoms with E-state index in [0.717, 1.165) is 51.1 Å². The highest BCUT2D eigenvalue weighted by molar-refractivity contribution is 5.33. The van der Waals surface area contributed by atoms with E-state index in [2.05, 4.69) is 73.8 Å². The van der Waals surface area contributed by atoms with Crippen LogP contribution in [0.5, 0.6) is 5.75 Å². The predicted molar refractivity (Wildman–Crippen MR) is 111 cm³/mol. The minimum absolute atomic E-state index is 0.0440. The number of ether oxygens (including phenoxy) is 2. The van der Waals surface area contributed by atoms with Crippen LogP contribution in [0.2, 0.25) is 0 Å². The summed E-state index contributed by atoms with van der Waals surface area (Å²) in [5.74, 6) is 0.918. The van der Waals surface area contributed by atoms with Gasteiger partial charge in [0.15, 0.2) is 0 Å². The number of benzene rings is 2. The smallest absolute Gasteiger partial charge is 0.118 e. The lowest BCUT2D eigenvalue weighted by Gasteiger charge is -2.47. The zero-order valence-electron chi connectivity index (χ0n) is 17.0. The maximum Gasteiger partial charge on any atom is 0.118 e. The van der Waals surface area contributed by atoms with E-state index in [1.54, 1.807) is 7.11 Å². The lowest BCUT2D eigenvalue weighted by molar-refractivity contribution is -0.0979. The fourth-order valence-electron chi connectivity index (χ4n) is 4.28. The van der Waals surface area contributed by atoms with Gasteiger partial charge in [-0.2, -0.15) is 0 Å². The molecule has 0 aliphatic carbocycles. The molecule has 0 amide bonds. The maximum absolute atomic E-state index is 6.17. The summed E-state index contributed by atoms with van der Waals surface area (Å²) in [4.78, 5) is 0. The van der Waals surface area contributed by atoms with Gasteiger partial charge in [0.05, 0.1) is 12.7 Å². The number of hydrogen-bond donors (Lipinski definition) is 1. The van der Waals surface area contributed by atoms with E-state index >= 15 is 0 Å². The van der Waals surface area contributed by atoms with Crippen molar-refractivity contribution in [3.63, 3.8) is 0 Å². The third-order valence-electron chi connectivity index (χ3n) is 6.15. The molecule has 1 unspecified atom stereocenters. The average Bonchev–Trinajstić information content (AvgIpc) is 2.72. The molecule has 1 aliphatic rings.